The predicted octanol–water partition coefficient (Wildman–Crippen LogP) is 5.80. The van der Waals surface area contributed by atoms with Gasteiger partial charge in [0.1, 0.15) is 6.33 Å². The van der Waals surface area contributed by atoms with Gasteiger partial charge in [-0.25, -0.2) is 16.1 Å². The Bertz CT molecular complexity index is 1330. The zero-order chi connectivity index (χ0) is 23.1. The van der Waals surface area contributed by atoms with Crippen LogP contribution in [0.1, 0.15) is 62.1 Å². The molecule has 6 heteroatoms. The predicted molar refractivity (Wildman–Crippen MR) is 134 cm³/mol. The average Bonchev–Trinajstić information content (AvgIpc) is 3.44. The van der Waals surface area contributed by atoms with Crippen molar-refractivity contribution in [2.75, 3.05) is 19.6 Å². The Morgan fingerprint density at radius 2 is 1.97 bits per heavy atom. The molecule has 33 heavy (non-hydrogen) atoms. The van der Waals surface area contributed by atoms with Gasteiger partial charge >= 0.3 is 0 Å². The van der Waals surface area contributed by atoms with Gasteiger partial charge in [-0.1, -0.05) is 19.9 Å². The van der Waals surface area contributed by atoms with Crippen LogP contribution in [0.3, 0.4) is 0 Å². The third-order valence-electron chi connectivity index (χ3n) is 7.27. The lowest BCUT2D eigenvalue weighted by molar-refractivity contribution is 0.170. The summed E-state index contributed by atoms with van der Waals surface area (Å²) in [6.45, 7) is 18.7. The minimum absolute atomic E-state index is 0.358. The minimum Gasteiger partial charge on any atom is -0.354 e. The van der Waals surface area contributed by atoms with Crippen molar-refractivity contribution < 1.29 is 0 Å². The number of aromatic nitrogens is 4. The number of nitrogens with zero attached hydrogens (tertiary/aromatic N) is 5. The first kappa shape index (κ1) is 21.7. The van der Waals surface area contributed by atoms with Gasteiger partial charge in [-0.2, -0.15) is 5.10 Å². The number of nitrogens with one attached hydrogen (secondary N) is 1. The van der Waals surface area contributed by atoms with E-state index in [0.29, 0.717) is 24.4 Å². The molecule has 3 aromatic heterocycles. The quantitative estimate of drug-likeness (QED) is 0.399. The summed E-state index contributed by atoms with van der Waals surface area (Å²) in [4.78, 5) is 14.1. The Balaban J connectivity index is 1.50. The van der Waals surface area contributed by atoms with E-state index in [4.69, 9.17) is 6.57 Å². The molecule has 6 nitrogen and oxygen atoms in total. The molecule has 1 aliphatic heterocycles. The highest BCUT2D eigenvalue weighted by Crippen LogP contribution is 2.38. The molecule has 1 saturated heterocycles. The van der Waals surface area contributed by atoms with Crippen molar-refractivity contribution in [1.82, 2.24) is 24.5 Å². The van der Waals surface area contributed by atoms with Crippen molar-refractivity contribution in [1.29, 1.82) is 0 Å². The molecule has 0 aliphatic carbocycles. The summed E-state index contributed by atoms with van der Waals surface area (Å²) in [5, 5.41) is 5.70. The van der Waals surface area contributed by atoms with Crippen molar-refractivity contribution in [3.05, 3.63) is 64.9 Å². The molecule has 0 saturated carbocycles. The maximum atomic E-state index is 7.15. The molecule has 5 rings (SSSR count). The number of rotatable bonds is 5. The molecule has 1 atom stereocenters. The third-order valence-corrected chi connectivity index (χ3v) is 7.27. The maximum absolute atomic E-state index is 7.15. The molecule has 4 aromatic rings. The van der Waals surface area contributed by atoms with Crippen LogP contribution in [-0.2, 0) is 0 Å². The topological polar surface area (TPSA) is 53.6 Å². The first-order valence-corrected chi connectivity index (χ1v) is 12.0. The van der Waals surface area contributed by atoms with E-state index in [9.17, 15) is 0 Å². The Morgan fingerprint density at radius 3 is 2.70 bits per heavy atom. The second kappa shape index (κ2) is 8.64. The van der Waals surface area contributed by atoms with Gasteiger partial charge in [0.2, 0.25) is 6.54 Å². The molecule has 0 amide bonds. The largest absolute Gasteiger partial charge is 0.354 e. The number of fused-ring (bicyclic) bond motifs is 2. The van der Waals surface area contributed by atoms with Crippen LogP contribution in [0.4, 0.5) is 0 Å². The van der Waals surface area contributed by atoms with Crippen molar-refractivity contribution in [2.24, 2.45) is 0 Å². The number of likely N-dealkylation sites (tertiary alicyclic amines) is 1. The van der Waals surface area contributed by atoms with E-state index in [1.165, 1.54) is 27.7 Å². The number of benzene rings is 1. The maximum Gasteiger partial charge on any atom is 0.229 e. The lowest BCUT2D eigenvalue weighted by Crippen LogP contribution is -2.40. The SMILES string of the molecule is [C-]#[N+]CC(C)N1CCC(c2ccc3[nH]c(-c4cc(C)c5ncnn5c4)c(C(C)C)c3c2)CC1. The number of H-pyrrole nitrogens is 1. The van der Waals surface area contributed by atoms with Gasteiger partial charge in [0.05, 0.1) is 11.7 Å². The third kappa shape index (κ3) is 3.91. The van der Waals surface area contributed by atoms with Crippen LogP contribution >= 0.6 is 0 Å². The molecular formula is C27H32N6. The highest BCUT2D eigenvalue weighted by atomic mass is 15.3. The number of pyridine rings is 1. The van der Waals surface area contributed by atoms with Crippen LogP contribution in [0.15, 0.2) is 36.8 Å². The normalized spacial score (nSPS) is 16.6. The molecule has 1 fully saturated rings. The summed E-state index contributed by atoms with van der Waals surface area (Å²) in [7, 11) is 0. The van der Waals surface area contributed by atoms with Gasteiger partial charge in [0.25, 0.3) is 0 Å². The summed E-state index contributed by atoms with van der Waals surface area (Å²) < 4.78 is 1.87. The first-order chi connectivity index (χ1) is 16.0. The lowest BCUT2D eigenvalue weighted by atomic mass is 9.87. The van der Waals surface area contributed by atoms with E-state index in [2.05, 4.69) is 83.0 Å². The van der Waals surface area contributed by atoms with Gasteiger partial charge in [0, 0.05) is 22.7 Å². The molecule has 1 unspecified atom stereocenters. The van der Waals surface area contributed by atoms with Gasteiger partial charge < -0.3 is 9.83 Å². The van der Waals surface area contributed by atoms with Crippen LogP contribution in [0, 0.1) is 13.5 Å². The molecule has 0 spiro atoms. The summed E-state index contributed by atoms with van der Waals surface area (Å²) in [5.74, 6) is 0.977. The number of aromatic amines is 1. The summed E-state index contributed by atoms with van der Waals surface area (Å²) in [5.41, 5.74) is 8.36. The zero-order valence-electron chi connectivity index (χ0n) is 20.0. The molecule has 1 aromatic carbocycles. The van der Waals surface area contributed by atoms with Crippen LogP contribution in [-0.4, -0.2) is 50.2 Å². The summed E-state index contributed by atoms with van der Waals surface area (Å²) >= 11 is 0. The van der Waals surface area contributed by atoms with E-state index in [0.717, 1.165) is 42.7 Å². The second-order valence-corrected chi connectivity index (χ2v) is 9.81. The van der Waals surface area contributed by atoms with Gasteiger partial charge in [-0.15, -0.1) is 0 Å². The molecule has 0 bridgehead atoms. The van der Waals surface area contributed by atoms with Crippen molar-refractivity contribution in [3.63, 3.8) is 0 Å². The first-order valence-electron chi connectivity index (χ1n) is 12.0. The molecule has 4 heterocycles. The number of aryl methyl sites for hydroxylation is 1. The smallest absolute Gasteiger partial charge is 0.229 e. The molecule has 1 aliphatic rings. The van der Waals surface area contributed by atoms with E-state index in [1.54, 1.807) is 6.33 Å². The van der Waals surface area contributed by atoms with Crippen LogP contribution in [0.5, 0.6) is 0 Å². The fourth-order valence-corrected chi connectivity index (χ4v) is 5.46. The van der Waals surface area contributed by atoms with Crippen molar-refractivity contribution >= 4 is 16.6 Å². The number of hydrogen-bond donors (Lipinski definition) is 1. The highest BCUT2D eigenvalue weighted by Gasteiger charge is 2.26. The zero-order valence-corrected chi connectivity index (χ0v) is 20.0. The molecule has 170 valence electrons. The van der Waals surface area contributed by atoms with E-state index in [-0.39, 0.29) is 0 Å². The minimum atomic E-state index is 0.358. The van der Waals surface area contributed by atoms with Crippen LogP contribution in [0.2, 0.25) is 0 Å². The average molecular weight is 441 g/mol. The number of piperidine rings is 1. The number of hydrogen-bond acceptors (Lipinski definition) is 3. The van der Waals surface area contributed by atoms with Crippen molar-refractivity contribution in [2.45, 2.75) is 58.4 Å². The van der Waals surface area contributed by atoms with Gasteiger partial charge in [-0.05, 0) is 86.5 Å². The monoisotopic (exact) mass is 440 g/mol. The standard InChI is InChI=1S/C27H32N6/c1-17(2)25-23-13-21(20-8-10-32(11-9-20)19(4)14-28-5)6-7-24(23)31-26(25)22-12-18(3)27-29-16-30-33(27)15-22/h6-7,12-13,15-17,19-20,31H,8-11,14H2,1-4H3. The van der Waals surface area contributed by atoms with Crippen molar-refractivity contribution in [3.8, 4) is 11.3 Å². The van der Waals surface area contributed by atoms with E-state index in [1.807, 2.05) is 4.52 Å². The fourth-order valence-electron chi connectivity index (χ4n) is 5.46. The Hall–Kier alpha value is -3.17. The van der Waals surface area contributed by atoms with E-state index < -0.39 is 0 Å². The summed E-state index contributed by atoms with van der Waals surface area (Å²) in [6.07, 6.45) is 6.00. The Kier molecular flexibility index (Phi) is 5.67. The fraction of sp³-hybridized carbons (Fsp3) is 0.444. The lowest BCUT2D eigenvalue weighted by Gasteiger charge is -2.34. The van der Waals surface area contributed by atoms with Gasteiger partial charge in [0.15, 0.2) is 5.65 Å². The van der Waals surface area contributed by atoms with Crippen LogP contribution < -0.4 is 0 Å². The highest BCUT2D eigenvalue weighted by molar-refractivity contribution is 5.92. The Labute approximate surface area is 195 Å². The summed E-state index contributed by atoms with van der Waals surface area (Å²) in [6, 6.07) is 9.56. The van der Waals surface area contributed by atoms with Gasteiger partial charge in [-0.3, -0.25) is 4.90 Å². The van der Waals surface area contributed by atoms with E-state index >= 15 is 0 Å². The second-order valence-electron chi connectivity index (χ2n) is 9.81. The molecular weight excluding hydrogens is 408 g/mol. The molecule has 1 N–H and O–H groups in total. The van der Waals surface area contributed by atoms with Crippen LogP contribution in [0.25, 0.3) is 32.7 Å². The molecule has 0 radical (unpaired) electrons. The Morgan fingerprint density at radius 1 is 1.18 bits per heavy atom.